The molecule has 1 aromatic heterocycles. The zero-order valence-corrected chi connectivity index (χ0v) is 16.6. The highest BCUT2D eigenvalue weighted by Gasteiger charge is 2.15. The smallest absolute Gasteiger partial charge is 0.259 e. The summed E-state index contributed by atoms with van der Waals surface area (Å²) >= 11 is 1.45. The van der Waals surface area contributed by atoms with E-state index < -0.39 is 0 Å². The Morgan fingerprint density at radius 2 is 1.78 bits per heavy atom. The van der Waals surface area contributed by atoms with Gasteiger partial charge in [-0.3, -0.25) is 4.79 Å². The van der Waals surface area contributed by atoms with Crippen molar-refractivity contribution in [2.75, 3.05) is 17.1 Å². The molecule has 0 fully saturated rings. The highest BCUT2D eigenvalue weighted by atomic mass is 32.2. The Bertz CT molecular complexity index is 949. The fourth-order valence-electron chi connectivity index (χ4n) is 2.64. The first-order valence-electron chi connectivity index (χ1n) is 8.52. The SMILES string of the molecule is COc1ccc(NSc2cc(C)ccc2NC(=O)c2cc(C)oc2C)cc1. The van der Waals surface area contributed by atoms with Crippen LogP contribution in [0.1, 0.15) is 27.4 Å². The summed E-state index contributed by atoms with van der Waals surface area (Å²) in [6, 6.07) is 15.3. The van der Waals surface area contributed by atoms with Crippen LogP contribution < -0.4 is 14.8 Å². The maximum atomic E-state index is 12.6. The molecule has 0 unspecified atom stereocenters. The number of carbonyl (C=O) groups is 1. The van der Waals surface area contributed by atoms with E-state index in [1.165, 1.54) is 11.9 Å². The van der Waals surface area contributed by atoms with Crippen LogP contribution >= 0.6 is 11.9 Å². The monoisotopic (exact) mass is 382 g/mol. The van der Waals surface area contributed by atoms with Gasteiger partial charge in [0.15, 0.2) is 0 Å². The first-order valence-corrected chi connectivity index (χ1v) is 9.34. The lowest BCUT2D eigenvalue weighted by Crippen LogP contribution is -2.13. The van der Waals surface area contributed by atoms with Gasteiger partial charge in [0.2, 0.25) is 0 Å². The normalized spacial score (nSPS) is 10.5. The van der Waals surface area contributed by atoms with Crippen LogP contribution in [0.3, 0.4) is 0 Å². The minimum absolute atomic E-state index is 0.181. The Hall–Kier alpha value is -2.86. The summed E-state index contributed by atoms with van der Waals surface area (Å²) < 4.78 is 13.9. The predicted octanol–water partition coefficient (Wildman–Crippen LogP) is 5.58. The molecule has 3 aromatic rings. The number of hydrogen-bond acceptors (Lipinski definition) is 5. The van der Waals surface area contributed by atoms with Crippen LogP contribution in [-0.2, 0) is 0 Å². The number of rotatable bonds is 6. The van der Waals surface area contributed by atoms with Crippen molar-refractivity contribution in [1.29, 1.82) is 0 Å². The van der Waals surface area contributed by atoms with E-state index in [2.05, 4.69) is 10.0 Å². The molecule has 0 aliphatic heterocycles. The van der Waals surface area contributed by atoms with E-state index in [9.17, 15) is 4.79 Å². The molecule has 0 radical (unpaired) electrons. The van der Waals surface area contributed by atoms with E-state index in [-0.39, 0.29) is 5.91 Å². The molecule has 27 heavy (non-hydrogen) atoms. The molecule has 1 heterocycles. The minimum Gasteiger partial charge on any atom is -0.497 e. The summed E-state index contributed by atoms with van der Waals surface area (Å²) in [4.78, 5) is 13.5. The predicted molar refractivity (Wildman–Crippen MR) is 110 cm³/mol. The van der Waals surface area contributed by atoms with E-state index >= 15 is 0 Å². The average Bonchev–Trinajstić information content (AvgIpc) is 3.00. The number of furan rings is 1. The van der Waals surface area contributed by atoms with Crippen LogP contribution in [-0.4, -0.2) is 13.0 Å². The number of ether oxygens (including phenoxy) is 1. The fourth-order valence-corrected chi connectivity index (χ4v) is 3.47. The third-order valence-electron chi connectivity index (χ3n) is 4.04. The molecular formula is C21H22N2O3S. The Kier molecular flexibility index (Phi) is 5.76. The maximum Gasteiger partial charge on any atom is 0.259 e. The number of carbonyl (C=O) groups excluding carboxylic acids is 1. The third kappa shape index (κ3) is 4.65. The average molecular weight is 382 g/mol. The second-order valence-corrected chi connectivity index (χ2v) is 7.06. The van der Waals surface area contributed by atoms with Crippen LogP contribution in [0, 0.1) is 20.8 Å². The van der Waals surface area contributed by atoms with Crippen molar-refractivity contribution < 1.29 is 13.9 Å². The van der Waals surface area contributed by atoms with Crippen molar-refractivity contribution in [2.24, 2.45) is 0 Å². The number of benzene rings is 2. The summed E-state index contributed by atoms with van der Waals surface area (Å²) in [6.07, 6.45) is 0. The molecule has 0 aliphatic rings. The molecule has 0 atom stereocenters. The van der Waals surface area contributed by atoms with Crippen molar-refractivity contribution in [1.82, 2.24) is 0 Å². The molecule has 140 valence electrons. The Morgan fingerprint density at radius 1 is 1.04 bits per heavy atom. The van der Waals surface area contributed by atoms with E-state index in [0.717, 1.165) is 33.3 Å². The third-order valence-corrected chi connectivity index (χ3v) is 4.94. The molecule has 1 amide bonds. The second-order valence-electron chi connectivity index (χ2n) is 6.21. The highest BCUT2D eigenvalue weighted by Crippen LogP contribution is 2.30. The zero-order valence-electron chi connectivity index (χ0n) is 15.8. The van der Waals surface area contributed by atoms with E-state index in [4.69, 9.17) is 9.15 Å². The van der Waals surface area contributed by atoms with Crippen LogP contribution in [0.15, 0.2) is 57.8 Å². The Morgan fingerprint density at radius 3 is 2.41 bits per heavy atom. The lowest BCUT2D eigenvalue weighted by atomic mass is 10.2. The van der Waals surface area contributed by atoms with Crippen LogP contribution in [0.4, 0.5) is 11.4 Å². The fraction of sp³-hybridized carbons (Fsp3) is 0.190. The minimum atomic E-state index is -0.181. The van der Waals surface area contributed by atoms with Crippen molar-refractivity contribution >= 4 is 29.2 Å². The number of methoxy groups -OCH3 is 1. The first kappa shape index (κ1) is 18.9. The highest BCUT2D eigenvalue weighted by molar-refractivity contribution is 8.00. The lowest BCUT2D eigenvalue weighted by molar-refractivity contribution is 0.102. The summed E-state index contributed by atoms with van der Waals surface area (Å²) in [5, 5.41) is 2.98. The van der Waals surface area contributed by atoms with E-state index in [1.807, 2.05) is 56.3 Å². The van der Waals surface area contributed by atoms with Crippen molar-refractivity contribution in [3.8, 4) is 5.75 Å². The molecule has 0 saturated heterocycles. The van der Waals surface area contributed by atoms with Gasteiger partial charge in [0.25, 0.3) is 5.91 Å². The molecule has 6 heteroatoms. The molecule has 0 bridgehead atoms. The number of hydrogen-bond donors (Lipinski definition) is 2. The van der Waals surface area contributed by atoms with Crippen LogP contribution in [0.25, 0.3) is 0 Å². The summed E-state index contributed by atoms with van der Waals surface area (Å²) in [5.74, 6) is 1.96. The molecular weight excluding hydrogens is 360 g/mol. The van der Waals surface area contributed by atoms with Gasteiger partial charge in [-0.15, -0.1) is 0 Å². The second kappa shape index (κ2) is 8.22. The topological polar surface area (TPSA) is 63.5 Å². The molecule has 0 aliphatic carbocycles. The standard InChI is InChI=1S/C21H22N2O3S/c1-13-5-10-19(22-21(24)18-12-14(2)26-15(18)3)20(11-13)27-23-16-6-8-17(25-4)9-7-16/h5-12,23H,1-4H3,(H,22,24). The number of aryl methyl sites for hydroxylation is 3. The maximum absolute atomic E-state index is 12.6. The quantitative estimate of drug-likeness (QED) is 0.545. The molecule has 2 aromatic carbocycles. The Labute approximate surface area is 163 Å². The summed E-state index contributed by atoms with van der Waals surface area (Å²) in [5.41, 5.74) is 3.35. The molecule has 5 nitrogen and oxygen atoms in total. The molecule has 3 rings (SSSR count). The van der Waals surface area contributed by atoms with Crippen LogP contribution in [0.2, 0.25) is 0 Å². The van der Waals surface area contributed by atoms with E-state index in [0.29, 0.717) is 11.3 Å². The van der Waals surface area contributed by atoms with Crippen LogP contribution in [0.5, 0.6) is 5.75 Å². The number of anilines is 2. The van der Waals surface area contributed by atoms with Crippen molar-refractivity contribution in [2.45, 2.75) is 25.7 Å². The van der Waals surface area contributed by atoms with Gasteiger partial charge >= 0.3 is 0 Å². The van der Waals surface area contributed by atoms with Crippen molar-refractivity contribution in [3.05, 3.63) is 71.2 Å². The van der Waals surface area contributed by atoms with Gasteiger partial charge < -0.3 is 19.2 Å². The Balaban J connectivity index is 1.76. The van der Waals surface area contributed by atoms with E-state index in [1.54, 1.807) is 20.1 Å². The van der Waals surface area contributed by atoms with Gasteiger partial charge in [0.05, 0.1) is 23.3 Å². The molecule has 2 N–H and O–H groups in total. The van der Waals surface area contributed by atoms with Crippen molar-refractivity contribution in [3.63, 3.8) is 0 Å². The number of nitrogens with one attached hydrogen (secondary N) is 2. The largest absolute Gasteiger partial charge is 0.497 e. The lowest BCUT2D eigenvalue weighted by Gasteiger charge is -2.13. The molecule has 0 spiro atoms. The summed E-state index contributed by atoms with van der Waals surface area (Å²) in [7, 11) is 1.64. The summed E-state index contributed by atoms with van der Waals surface area (Å²) in [6.45, 7) is 5.64. The van der Waals surface area contributed by atoms with Gasteiger partial charge in [0.1, 0.15) is 17.3 Å². The number of amides is 1. The molecule has 0 saturated carbocycles. The van der Waals surface area contributed by atoms with Gasteiger partial charge in [-0.25, -0.2) is 0 Å². The van der Waals surface area contributed by atoms with Gasteiger partial charge in [0, 0.05) is 5.69 Å². The van der Waals surface area contributed by atoms with Gasteiger partial charge in [-0.05, 0) is 80.7 Å². The van der Waals surface area contributed by atoms with Gasteiger partial charge in [-0.1, -0.05) is 6.07 Å². The first-order chi connectivity index (χ1) is 13.0. The zero-order chi connectivity index (χ0) is 19.4. The van der Waals surface area contributed by atoms with Gasteiger partial charge in [-0.2, -0.15) is 0 Å².